The second kappa shape index (κ2) is 11.4. The van der Waals surface area contributed by atoms with Crippen LogP contribution in [-0.4, -0.2) is 48.0 Å². The van der Waals surface area contributed by atoms with Crippen LogP contribution in [0.5, 0.6) is 0 Å². The molecule has 7 heteroatoms. The van der Waals surface area contributed by atoms with E-state index in [0.717, 1.165) is 70.5 Å². The Balaban J connectivity index is 1.56. The number of amides is 1. The molecule has 37 heavy (non-hydrogen) atoms. The van der Waals surface area contributed by atoms with Crippen molar-refractivity contribution in [1.29, 1.82) is 0 Å². The van der Waals surface area contributed by atoms with Gasteiger partial charge in [0, 0.05) is 23.7 Å². The molecule has 4 rings (SSSR count). The van der Waals surface area contributed by atoms with Gasteiger partial charge in [-0.2, -0.15) is 0 Å². The van der Waals surface area contributed by atoms with Crippen molar-refractivity contribution in [3.05, 3.63) is 77.0 Å². The molecule has 0 aliphatic rings. The van der Waals surface area contributed by atoms with Crippen LogP contribution in [0.3, 0.4) is 0 Å². The molecule has 0 radical (unpaired) electrons. The van der Waals surface area contributed by atoms with Crippen LogP contribution in [0, 0.1) is 20.8 Å². The maximum absolute atomic E-state index is 13.4. The highest BCUT2D eigenvalue weighted by molar-refractivity contribution is 6.07. The topological polar surface area (TPSA) is 96.2 Å². The third-order valence-electron chi connectivity index (χ3n) is 6.64. The van der Waals surface area contributed by atoms with Gasteiger partial charge < -0.3 is 21.3 Å². The van der Waals surface area contributed by atoms with Crippen LogP contribution in [0.2, 0.25) is 0 Å². The van der Waals surface area contributed by atoms with Gasteiger partial charge in [0.1, 0.15) is 0 Å². The first-order valence-electron chi connectivity index (χ1n) is 12.7. The number of rotatable bonds is 9. The standard InChI is InChI=1S/C30H36N6O/c1-19-8-9-23(17-25(19)22-10-11-26-24(16-22)18-33-30(31)35-26)29(37)34-28-15-21(3)20(2)14-27(28)32-12-6-7-13-36(4)5/h8-11,14-18,32H,6-7,12-13H2,1-5H3,(H,34,37)(H2,31,33,35). The Labute approximate surface area is 219 Å². The molecule has 0 atom stereocenters. The molecule has 0 unspecified atom stereocenters. The van der Waals surface area contributed by atoms with Gasteiger partial charge in [0.2, 0.25) is 5.95 Å². The average molecular weight is 497 g/mol. The molecule has 4 N–H and O–H groups in total. The summed E-state index contributed by atoms with van der Waals surface area (Å²) < 4.78 is 0. The van der Waals surface area contributed by atoms with Crippen molar-refractivity contribution in [3.63, 3.8) is 0 Å². The van der Waals surface area contributed by atoms with E-state index in [2.05, 4.69) is 59.5 Å². The molecule has 0 aliphatic heterocycles. The molecule has 1 heterocycles. The molecule has 0 fully saturated rings. The number of benzene rings is 3. The molecule has 0 aliphatic carbocycles. The predicted molar refractivity (Wildman–Crippen MR) is 154 cm³/mol. The summed E-state index contributed by atoms with van der Waals surface area (Å²) in [5.41, 5.74) is 14.3. The van der Waals surface area contributed by atoms with E-state index in [1.54, 1.807) is 6.20 Å². The molecule has 0 saturated carbocycles. The lowest BCUT2D eigenvalue weighted by atomic mass is 9.96. The van der Waals surface area contributed by atoms with Gasteiger partial charge in [0.25, 0.3) is 5.91 Å². The zero-order chi connectivity index (χ0) is 26.5. The van der Waals surface area contributed by atoms with E-state index in [1.165, 1.54) is 5.56 Å². The van der Waals surface area contributed by atoms with Gasteiger partial charge in [0.15, 0.2) is 0 Å². The van der Waals surface area contributed by atoms with Crippen molar-refractivity contribution in [2.24, 2.45) is 0 Å². The Morgan fingerprint density at radius 2 is 1.68 bits per heavy atom. The minimum atomic E-state index is -0.142. The number of hydrogen-bond donors (Lipinski definition) is 3. The van der Waals surface area contributed by atoms with Gasteiger partial charge >= 0.3 is 0 Å². The second-order valence-corrected chi connectivity index (χ2v) is 9.90. The highest BCUT2D eigenvalue weighted by atomic mass is 16.1. The number of nitrogens with zero attached hydrogens (tertiary/aromatic N) is 3. The first-order valence-corrected chi connectivity index (χ1v) is 12.7. The number of carbonyl (C=O) groups is 1. The van der Waals surface area contributed by atoms with Gasteiger partial charge in [-0.15, -0.1) is 0 Å². The smallest absolute Gasteiger partial charge is 0.255 e. The minimum Gasteiger partial charge on any atom is -0.383 e. The van der Waals surface area contributed by atoms with Crippen molar-refractivity contribution >= 4 is 34.1 Å². The summed E-state index contributed by atoms with van der Waals surface area (Å²) in [5.74, 6) is 0.112. The Morgan fingerprint density at radius 3 is 2.43 bits per heavy atom. The maximum atomic E-state index is 13.4. The minimum absolute atomic E-state index is 0.142. The Hall–Kier alpha value is -3.97. The van der Waals surface area contributed by atoms with Crippen molar-refractivity contribution in [2.75, 3.05) is 43.6 Å². The van der Waals surface area contributed by atoms with Crippen molar-refractivity contribution in [1.82, 2.24) is 14.9 Å². The fourth-order valence-corrected chi connectivity index (χ4v) is 4.33. The van der Waals surface area contributed by atoms with Gasteiger partial charge in [-0.3, -0.25) is 4.79 Å². The highest BCUT2D eigenvalue weighted by Gasteiger charge is 2.14. The Bertz CT molecular complexity index is 1430. The number of aromatic nitrogens is 2. The van der Waals surface area contributed by atoms with E-state index < -0.39 is 0 Å². The highest BCUT2D eigenvalue weighted by Crippen LogP contribution is 2.30. The van der Waals surface area contributed by atoms with Gasteiger partial charge in [-0.25, -0.2) is 9.97 Å². The normalized spacial score (nSPS) is 11.2. The molecule has 0 saturated heterocycles. The molecule has 0 spiro atoms. The Morgan fingerprint density at radius 1 is 0.919 bits per heavy atom. The van der Waals surface area contributed by atoms with E-state index in [1.807, 2.05) is 49.4 Å². The third-order valence-corrected chi connectivity index (χ3v) is 6.64. The molecular formula is C30H36N6O. The van der Waals surface area contributed by atoms with E-state index in [-0.39, 0.29) is 11.9 Å². The molecule has 3 aromatic carbocycles. The van der Waals surface area contributed by atoms with Gasteiger partial charge in [-0.1, -0.05) is 12.1 Å². The average Bonchev–Trinajstić information content (AvgIpc) is 2.86. The summed E-state index contributed by atoms with van der Waals surface area (Å²) in [6.07, 6.45) is 3.90. The quantitative estimate of drug-likeness (QED) is 0.253. The summed E-state index contributed by atoms with van der Waals surface area (Å²) in [4.78, 5) is 24.0. The summed E-state index contributed by atoms with van der Waals surface area (Å²) >= 11 is 0. The lowest BCUT2D eigenvalue weighted by Gasteiger charge is -2.17. The largest absolute Gasteiger partial charge is 0.383 e. The van der Waals surface area contributed by atoms with E-state index >= 15 is 0 Å². The number of carbonyl (C=O) groups excluding carboxylic acids is 1. The van der Waals surface area contributed by atoms with Crippen molar-refractivity contribution in [3.8, 4) is 11.1 Å². The Kier molecular flexibility index (Phi) is 8.04. The van der Waals surface area contributed by atoms with E-state index in [9.17, 15) is 4.79 Å². The fourth-order valence-electron chi connectivity index (χ4n) is 4.33. The van der Waals surface area contributed by atoms with Crippen LogP contribution >= 0.6 is 0 Å². The summed E-state index contributed by atoms with van der Waals surface area (Å²) in [6, 6.07) is 15.9. The predicted octanol–water partition coefficient (Wildman–Crippen LogP) is 5.81. The molecule has 0 bridgehead atoms. The van der Waals surface area contributed by atoms with Crippen LogP contribution in [0.1, 0.15) is 39.9 Å². The van der Waals surface area contributed by atoms with E-state index in [0.29, 0.717) is 5.56 Å². The molecule has 4 aromatic rings. The number of nitrogen functional groups attached to an aromatic ring is 1. The summed E-state index contributed by atoms with van der Waals surface area (Å²) in [5, 5.41) is 7.57. The third kappa shape index (κ3) is 6.43. The molecule has 192 valence electrons. The molecular weight excluding hydrogens is 460 g/mol. The van der Waals surface area contributed by atoms with Crippen LogP contribution in [-0.2, 0) is 0 Å². The van der Waals surface area contributed by atoms with Crippen LogP contribution < -0.4 is 16.4 Å². The number of fused-ring (bicyclic) bond motifs is 1. The number of aryl methyl sites for hydroxylation is 3. The number of unbranched alkanes of at least 4 members (excludes halogenated alkanes) is 1. The fraction of sp³-hybridized carbons (Fsp3) is 0.300. The van der Waals surface area contributed by atoms with Crippen LogP contribution in [0.15, 0.2) is 54.7 Å². The van der Waals surface area contributed by atoms with Crippen molar-refractivity contribution in [2.45, 2.75) is 33.6 Å². The molecule has 7 nitrogen and oxygen atoms in total. The second-order valence-electron chi connectivity index (χ2n) is 9.90. The van der Waals surface area contributed by atoms with E-state index in [4.69, 9.17) is 5.73 Å². The number of anilines is 3. The maximum Gasteiger partial charge on any atom is 0.255 e. The zero-order valence-electron chi connectivity index (χ0n) is 22.4. The van der Waals surface area contributed by atoms with Crippen LogP contribution in [0.25, 0.3) is 22.0 Å². The summed E-state index contributed by atoms with van der Waals surface area (Å²) in [6.45, 7) is 8.11. The first kappa shape index (κ1) is 26.1. The molecule has 1 amide bonds. The number of nitrogens with one attached hydrogen (secondary N) is 2. The number of nitrogens with two attached hydrogens (primary N) is 1. The number of hydrogen-bond acceptors (Lipinski definition) is 6. The summed E-state index contributed by atoms with van der Waals surface area (Å²) in [7, 11) is 4.18. The monoisotopic (exact) mass is 496 g/mol. The van der Waals surface area contributed by atoms with Gasteiger partial charge in [-0.05, 0) is 118 Å². The van der Waals surface area contributed by atoms with Crippen molar-refractivity contribution < 1.29 is 4.79 Å². The first-order chi connectivity index (χ1) is 17.7. The lowest BCUT2D eigenvalue weighted by molar-refractivity contribution is 0.102. The molecule has 1 aromatic heterocycles. The van der Waals surface area contributed by atoms with Gasteiger partial charge in [0.05, 0.1) is 16.9 Å². The zero-order valence-corrected chi connectivity index (χ0v) is 22.4. The van der Waals surface area contributed by atoms with Crippen LogP contribution in [0.4, 0.5) is 17.3 Å². The lowest BCUT2D eigenvalue weighted by Crippen LogP contribution is -2.16. The SMILES string of the molecule is Cc1cc(NCCCCN(C)C)c(NC(=O)c2ccc(C)c(-c3ccc4nc(N)ncc4c3)c2)cc1C.